The molecule has 10 heteroatoms. The minimum Gasteiger partial charge on any atom is -0.379 e. The predicted molar refractivity (Wildman–Crippen MR) is 112 cm³/mol. The molecule has 0 spiro atoms. The number of nitrogens with one attached hydrogen (secondary N) is 1. The quantitative estimate of drug-likeness (QED) is 0.669. The molecule has 1 aromatic heterocycles. The molecule has 3 aromatic rings. The molecule has 1 aliphatic rings. The van der Waals surface area contributed by atoms with Crippen LogP contribution in [-0.4, -0.2) is 54.1 Å². The number of imidazole rings is 1. The molecule has 1 N–H and O–H groups in total. The Bertz CT molecular complexity index is 1290. The summed E-state index contributed by atoms with van der Waals surface area (Å²) in [5.74, 6) is -0.436. The molecular formula is C20H22N4O5S. The Morgan fingerprint density at radius 1 is 1.00 bits per heavy atom. The molecule has 0 unspecified atom stereocenters. The number of hydrogen-bond donors (Lipinski definition) is 1. The van der Waals surface area contributed by atoms with Gasteiger partial charge in [0.15, 0.2) is 0 Å². The first kappa shape index (κ1) is 20.3. The van der Waals surface area contributed by atoms with Gasteiger partial charge < -0.3 is 10.1 Å². The molecule has 4 rings (SSSR count). The molecule has 2 aromatic carbocycles. The van der Waals surface area contributed by atoms with Crippen molar-refractivity contribution in [2.75, 3.05) is 31.6 Å². The Kier molecular flexibility index (Phi) is 5.22. The monoisotopic (exact) mass is 430 g/mol. The van der Waals surface area contributed by atoms with Crippen molar-refractivity contribution in [1.82, 2.24) is 13.4 Å². The van der Waals surface area contributed by atoms with Crippen molar-refractivity contribution in [2.45, 2.75) is 4.90 Å². The zero-order chi connectivity index (χ0) is 21.5. The lowest BCUT2D eigenvalue weighted by atomic mass is 10.2. The van der Waals surface area contributed by atoms with Gasteiger partial charge in [-0.15, -0.1) is 0 Å². The number of benzene rings is 2. The Morgan fingerprint density at radius 2 is 1.70 bits per heavy atom. The second kappa shape index (κ2) is 7.71. The van der Waals surface area contributed by atoms with Crippen LogP contribution in [0.4, 0.5) is 5.69 Å². The summed E-state index contributed by atoms with van der Waals surface area (Å²) >= 11 is 0. The molecule has 0 radical (unpaired) electrons. The number of ether oxygens (including phenoxy) is 1. The number of carbonyl (C=O) groups is 1. The third-order valence-corrected chi connectivity index (χ3v) is 7.13. The molecule has 1 aliphatic heterocycles. The van der Waals surface area contributed by atoms with E-state index in [-0.39, 0.29) is 29.2 Å². The van der Waals surface area contributed by atoms with Gasteiger partial charge in [-0.1, -0.05) is 6.07 Å². The lowest BCUT2D eigenvalue weighted by molar-refractivity contribution is 0.0730. The van der Waals surface area contributed by atoms with Gasteiger partial charge in [-0.25, -0.2) is 13.2 Å². The highest BCUT2D eigenvalue weighted by Crippen LogP contribution is 2.21. The Balaban J connectivity index is 1.60. The van der Waals surface area contributed by atoms with Gasteiger partial charge in [0.2, 0.25) is 10.0 Å². The molecule has 0 atom stereocenters. The van der Waals surface area contributed by atoms with Crippen molar-refractivity contribution in [3.05, 3.63) is 58.5 Å². The zero-order valence-electron chi connectivity index (χ0n) is 16.7. The van der Waals surface area contributed by atoms with Crippen LogP contribution < -0.4 is 11.0 Å². The third-order valence-electron chi connectivity index (χ3n) is 5.23. The molecule has 30 heavy (non-hydrogen) atoms. The van der Waals surface area contributed by atoms with Crippen LogP contribution in [0.15, 0.2) is 52.2 Å². The van der Waals surface area contributed by atoms with Crippen molar-refractivity contribution in [1.29, 1.82) is 0 Å². The number of carbonyl (C=O) groups excluding carboxylic acids is 1. The van der Waals surface area contributed by atoms with E-state index in [4.69, 9.17) is 4.74 Å². The average molecular weight is 430 g/mol. The van der Waals surface area contributed by atoms with Gasteiger partial charge in [-0.05, 0) is 36.4 Å². The highest BCUT2D eigenvalue weighted by molar-refractivity contribution is 7.89. The van der Waals surface area contributed by atoms with Crippen LogP contribution in [0.25, 0.3) is 11.0 Å². The smallest absolute Gasteiger partial charge is 0.328 e. The number of nitrogens with zero attached hydrogens (tertiary/aromatic N) is 3. The number of rotatable bonds is 4. The second-order valence-electron chi connectivity index (χ2n) is 7.10. The fourth-order valence-electron chi connectivity index (χ4n) is 3.52. The largest absolute Gasteiger partial charge is 0.379 e. The zero-order valence-corrected chi connectivity index (χ0v) is 17.5. The van der Waals surface area contributed by atoms with E-state index in [2.05, 4.69) is 5.32 Å². The number of fused-ring (bicyclic) bond motifs is 1. The van der Waals surface area contributed by atoms with Crippen molar-refractivity contribution in [3.63, 3.8) is 0 Å². The molecule has 1 saturated heterocycles. The van der Waals surface area contributed by atoms with Crippen LogP contribution in [0.3, 0.4) is 0 Å². The predicted octanol–water partition coefficient (Wildman–Crippen LogP) is 1.15. The SMILES string of the molecule is Cn1c(=O)n(C)c2cc(NC(=O)c3cccc(S(=O)(=O)N4CCOCC4)c3)ccc21. The van der Waals surface area contributed by atoms with Crippen LogP contribution in [-0.2, 0) is 28.9 Å². The molecule has 1 fully saturated rings. The van der Waals surface area contributed by atoms with Crippen molar-refractivity contribution >= 4 is 32.7 Å². The third kappa shape index (κ3) is 3.53. The Morgan fingerprint density at radius 3 is 2.43 bits per heavy atom. The van der Waals surface area contributed by atoms with Crippen LogP contribution in [0.5, 0.6) is 0 Å². The average Bonchev–Trinajstić information content (AvgIpc) is 2.98. The summed E-state index contributed by atoms with van der Waals surface area (Å²) in [6.45, 7) is 1.27. The minimum atomic E-state index is -3.69. The number of hydrogen-bond acceptors (Lipinski definition) is 5. The lowest BCUT2D eigenvalue weighted by Crippen LogP contribution is -2.40. The van der Waals surface area contributed by atoms with Gasteiger partial charge in [-0.3, -0.25) is 13.9 Å². The maximum absolute atomic E-state index is 12.8. The number of amides is 1. The number of sulfonamides is 1. The summed E-state index contributed by atoms with van der Waals surface area (Å²) in [6.07, 6.45) is 0. The van der Waals surface area contributed by atoms with Gasteiger partial charge >= 0.3 is 5.69 Å². The maximum Gasteiger partial charge on any atom is 0.328 e. The maximum atomic E-state index is 12.8. The first-order valence-corrected chi connectivity index (χ1v) is 10.9. The second-order valence-corrected chi connectivity index (χ2v) is 9.04. The lowest BCUT2D eigenvalue weighted by Gasteiger charge is -2.26. The standard InChI is InChI=1S/C20H22N4O5S/c1-22-17-7-6-15(13-18(17)23(2)20(22)26)21-19(25)14-4-3-5-16(12-14)30(27,28)24-8-10-29-11-9-24/h3-7,12-13H,8-11H2,1-2H3,(H,21,25). The van der Waals surface area contributed by atoms with E-state index in [1.165, 1.54) is 25.6 Å². The van der Waals surface area contributed by atoms with E-state index in [0.717, 1.165) is 5.52 Å². The summed E-state index contributed by atoms with van der Waals surface area (Å²) in [4.78, 5) is 24.9. The van der Waals surface area contributed by atoms with Gasteiger partial charge in [0.05, 0.1) is 29.1 Å². The van der Waals surface area contributed by atoms with Crippen molar-refractivity contribution in [3.8, 4) is 0 Å². The summed E-state index contributed by atoms with van der Waals surface area (Å²) in [6, 6.07) is 11.1. The molecule has 0 bridgehead atoms. The number of aryl methyl sites for hydroxylation is 2. The number of morpholine rings is 1. The highest BCUT2D eigenvalue weighted by atomic mass is 32.2. The Hall–Kier alpha value is -2.95. The van der Waals surface area contributed by atoms with Crippen molar-refractivity contribution < 1.29 is 17.9 Å². The minimum absolute atomic E-state index is 0.0676. The highest BCUT2D eigenvalue weighted by Gasteiger charge is 2.27. The number of anilines is 1. The van der Waals surface area contributed by atoms with Crippen LogP contribution in [0.2, 0.25) is 0 Å². The van der Waals surface area contributed by atoms with E-state index in [1.807, 2.05) is 0 Å². The summed E-state index contributed by atoms with van der Waals surface area (Å²) in [5, 5.41) is 2.77. The fourth-order valence-corrected chi connectivity index (χ4v) is 4.98. The number of aromatic nitrogens is 2. The molecule has 158 valence electrons. The molecular weight excluding hydrogens is 408 g/mol. The molecule has 0 saturated carbocycles. The van der Waals surface area contributed by atoms with E-state index >= 15 is 0 Å². The Labute approximate surface area is 173 Å². The first-order chi connectivity index (χ1) is 14.3. The van der Waals surface area contributed by atoms with E-state index in [0.29, 0.717) is 24.4 Å². The molecule has 9 nitrogen and oxygen atoms in total. The van der Waals surface area contributed by atoms with Gasteiger partial charge in [0.1, 0.15) is 0 Å². The van der Waals surface area contributed by atoms with Gasteiger partial charge in [0, 0.05) is 38.4 Å². The van der Waals surface area contributed by atoms with Crippen LogP contribution >= 0.6 is 0 Å². The summed E-state index contributed by atoms with van der Waals surface area (Å²) in [5.41, 5.74) is 2.01. The van der Waals surface area contributed by atoms with E-state index < -0.39 is 15.9 Å². The van der Waals surface area contributed by atoms with Crippen LogP contribution in [0, 0.1) is 0 Å². The van der Waals surface area contributed by atoms with E-state index in [9.17, 15) is 18.0 Å². The normalized spacial score (nSPS) is 15.4. The van der Waals surface area contributed by atoms with Gasteiger partial charge in [-0.2, -0.15) is 4.31 Å². The fraction of sp³-hybridized carbons (Fsp3) is 0.300. The first-order valence-electron chi connectivity index (χ1n) is 9.44. The van der Waals surface area contributed by atoms with Crippen molar-refractivity contribution in [2.24, 2.45) is 14.1 Å². The topological polar surface area (TPSA) is 103 Å². The molecule has 1 amide bonds. The summed E-state index contributed by atoms with van der Waals surface area (Å²) < 4.78 is 35.3. The van der Waals surface area contributed by atoms with Crippen LogP contribution in [0.1, 0.15) is 10.4 Å². The summed E-state index contributed by atoms with van der Waals surface area (Å²) in [7, 11) is -0.348. The molecule has 2 heterocycles. The molecule has 0 aliphatic carbocycles. The van der Waals surface area contributed by atoms with E-state index in [1.54, 1.807) is 44.4 Å². The van der Waals surface area contributed by atoms with Gasteiger partial charge in [0.25, 0.3) is 5.91 Å².